The summed E-state index contributed by atoms with van der Waals surface area (Å²) in [6.45, 7) is 2.45. The molecular weight excluding hydrogens is 262 g/mol. The third kappa shape index (κ3) is 3.59. The van der Waals surface area contributed by atoms with Crippen molar-refractivity contribution in [3.8, 4) is 0 Å². The number of aromatic nitrogens is 2. The van der Waals surface area contributed by atoms with Gasteiger partial charge in [-0.05, 0) is 19.1 Å². The molecule has 0 saturated heterocycles. The van der Waals surface area contributed by atoms with Crippen molar-refractivity contribution in [3.63, 3.8) is 0 Å². The zero-order chi connectivity index (χ0) is 13.7. The van der Waals surface area contributed by atoms with Crippen LogP contribution in [0, 0.1) is 6.92 Å². The first-order valence-electron chi connectivity index (χ1n) is 5.84. The Morgan fingerprint density at radius 1 is 1.47 bits per heavy atom. The summed E-state index contributed by atoms with van der Waals surface area (Å²) >= 11 is 1.66. The molecule has 0 saturated carbocycles. The molecule has 1 atom stereocenters. The van der Waals surface area contributed by atoms with Crippen LogP contribution in [0.3, 0.4) is 0 Å². The average Bonchev–Trinajstić information content (AvgIpc) is 2.87. The molecule has 6 heteroatoms. The lowest BCUT2D eigenvalue weighted by Gasteiger charge is -2.14. The van der Waals surface area contributed by atoms with Gasteiger partial charge in [0.1, 0.15) is 11.8 Å². The van der Waals surface area contributed by atoms with Crippen LogP contribution in [-0.4, -0.2) is 29.5 Å². The molecule has 0 aliphatic heterocycles. The number of aryl methyl sites for hydroxylation is 1. The van der Waals surface area contributed by atoms with Gasteiger partial charge in [-0.2, -0.15) is 0 Å². The van der Waals surface area contributed by atoms with Crippen molar-refractivity contribution in [2.75, 3.05) is 13.7 Å². The molecule has 0 fully saturated rings. The summed E-state index contributed by atoms with van der Waals surface area (Å²) in [6.07, 6.45) is 4.32. The van der Waals surface area contributed by atoms with E-state index in [4.69, 9.17) is 4.74 Å². The zero-order valence-corrected chi connectivity index (χ0v) is 11.6. The molecule has 2 heterocycles. The molecule has 19 heavy (non-hydrogen) atoms. The fourth-order valence-corrected chi connectivity index (χ4v) is 2.57. The van der Waals surface area contributed by atoms with E-state index < -0.39 is 0 Å². The van der Waals surface area contributed by atoms with Crippen LogP contribution in [0.15, 0.2) is 30.7 Å². The minimum Gasteiger partial charge on any atom is -0.374 e. The maximum Gasteiger partial charge on any atom is 0.271 e. The van der Waals surface area contributed by atoms with Crippen LogP contribution in [0.5, 0.6) is 0 Å². The molecule has 1 unspecified atom stereocenters. The number of nitrogens with zero attached hydrogens (tertiary/aromatic N) is 2. The highest BCUT2D eigenvalue weighted by atomic mass is 32.1. The molecule has 0 spiro atoms. The Morgan fingerprint density at radius 2 is 2.32 bits per heavy atom. The van der Waals surface area contributed by atoms with Gasteiger partial charge in [-0.3, -0.25) is 9.78 Å². The Balaban J connectivity index is 1.95. The summed E-state index contributed by atoms with van der Waals surface area (Å²) in [6, 6.07) is 4.05. The van der Waals surface area contributed by atoms with Crippen molar-refractivity contribution in [1.82, 2.24) is 15.3 Å². The predicted octanol–water partition coefficient (Wildman–Crippen LogP) is 1.96. The zero-order valence-electron chi connectivity index (χ0n) is 10.8. The normalized spacial score (nSPS) is 12.1. The standard InChI is InChI=1S/C13H15N3O2S/c1-9-3-4-12(19-9)11(18-2)8-16-13(17)10-7-14-5-6-15-10/h3-7,11H,8H2,1-2H3,(H,16,17). The van der Waals surface area contributed by atoms with Crippen molar-refractivity contribution in [3.05, 3.63) is 46.2 Å². The van der Waals surface area contributed by atoms with Crippen molar-refractivity contribution >= 4 is 17.2 Å². The lowest BCUT2D eigenvalue weighted by Crippen LogP contribution is -2.29. The number of carbonyl (C=O) groups is 1. The summed E-state index contributed by atoms with van der Waals surface area (Å²) in [7, 11) is 1.63. The summed E-state index contributed by atoms with van der Waals surface area (Å²) in [4.78, 5) is 22.0. The van der Waals surface area contributed by atoms with Gasteiger partial charge >= 0.3 is 0 Å². The highest BCUT2D eigenvalue weighted by molar-refractivity contribution is 7.12. The van der Waals surface area contributed by atoms with Gasteiger partial charge in [0.25, 0.3) is 5.91 Å². The van der Waals surface area contributed by atoms with Crippen LogP contribution in [-0.2, 0) is 4.74 Å². The fraction of sp³-hybridized carbons (Fsp3) is 0.308. The Kier molecular flexibility index (Phi) is 4.59. The Morgan fingerprint density at radius 3 is 2.89 bits per heavy atom. The van der Waals surface area contributed by atoms with Gasteiger partial charge in [-0.15, -0.1) is 11.3 Å². The van der Waals surface area contributed by atoms with Crippen LogP contribution < -0.4 is 5.32 Å². The van der Waals surface area contributed by atoms with Crippen molar-refractivity contribution in [2.45, 2.75) is 13.0 Å². The Labute approximate surface area is 115 Å². The quantitative estimate of drug-likeness (QED) is 0.907. The maximum absolute atomic E-state index is 11.8. The van der Waals surface area contributed by atoms with E-state index in [1.807, 2.05) is 19.1 Å². The number of hydrogen-bond acceptors (Lipinski definition) is 5. The summed E-state index contributed by atoms with van der Waals surface area (Å²) in [5.74, 6) is -0.247. The topological polar surface area (TPSA) is 64.1 Å². The van der Waals surface area contributed by atoms with Crippen molar-refractivity contribution < 1.29 is 9.53 Å². The lowest BCUT2D eigenvalue weighted by molar-refractivity contribution is 0.0833. The number of nitrogens with one attached hydrogen (secondary N) is 1. The van der Waals surface area contributed by atoms with E-state index in [0.29, 0.717) is 12.2 Å². The van der Waals surface area contributed by atoms with Gasteiger partial charge in [-0.25, -0.2) is 4.98 Å². The smallest absolute Gasteiger partial charge is 0.271 e. The second-order valence-corrected chi connectivity index (χ2v) is 5.29. The van der Waals surface area contributed by atoms with Crippen LogP contribution in [0.25, 0.3) is 0 Å². The van der Waals surface area contributed by atoms with Crippen LogP contribution in [0.2, 0.25) is 0 Å². The molecular formula is C13H15N3O2S. The Hall–Kier alpha value is -1.79. The fourth-order valence-electron chi connectivity index (χ4n) is 1.62. The number of amides is 1. The van der Waals surface area contributed by atoms with E-state index in [1.165, 1.54) is 23.5 Å². The monoisotopic (exact) mass is 277 g/mol. The summed E-state index contributed by atoms with van der Waals surface area (Å²) < 4.78 is 5.40. The minimum atomic E-state index is -0.247. The number of carbonyl (C=O) groups excluding carboxylic acids is 1. The lowest BCUT2D eigenvalue weighted by atomic mass is 10.2. The third-order valence-electron chi connectivity index (χ3n) is 2.61. The van der Waals surface area contributed by atoms with E-state index in [-0.39, 0.29) is 12.0 Å². The largest absolute Gasteiger partial charge is 0.374 e. The highest BCUT2D eigenvalue weighted by Gasteiger charge is 2.15. The number of hydrogen-bond donors (Lipinski definition) is 1. The van der Waals surface area contributed by atoms with Gasteiger partial charge < -0.3 is 10.1 Å². The summed E-state index contributed by atoms with van der Waals surface area (Å²) in [5, 5.41) is 2.80. The second-order valence-electron chi connectivity index (χ2n) is 3.97. The SMILES string of the molecule is COC(CNC(=O)c1cnccn1)c1ccc(C)s1. The molecule has 0 aliphatic carbocycles. The van der Waals surface area contributed by atoms with E-state index in [9.17, 15) is 4.79 Å². The van der Waals surface area contributed by atoms with E-state index in [2.05, 4.69) is 15.3 Å². The molecule has 1 N–H and O–H groups in total. The molecule has 1 amide bonds. The number of methoxy groups -OCH3 is 1. The number of thiophene rings is 1. The molecule has 2 aromatic rings. The van der Waals surface area contributed by atoms with E-state index >= 15 is 0 Å². The van der Waals surface area contributed by atoms with Gasteiger partial charge in [0, 0.05) is 35.8 Å². The third-order valence-corrected chi connectivity index (χ3v) is 3.70. The molecule has 2 rings (SSSR count). The number of ether oxygens (including phenoxy) is 1. The van der Waals surface area contributed by atoms with E-state index in [0.717, 1.165) is 4.88 Å². The molecule has 0 radical (unpaired) electrons. The van der Waals surface area contributed by atoms with Crippen LogP contribution in [0.4, 0.5) is 0 Å². The first kappa shape index (κ1) is 13.6. The van der Waals surface area contributed by atoms with Crippen molar-refractivity contribution in [1.29, 1.82) is 0 Å². The van der Waals surface area contributed by atoms with Gasteiger partial charge in [0.15, 0.2) is 0 Å². The Bertz CT molecular complexity index is 542. The first-order chi connectivity index (χ1) is 9.20. The van der Waals surface area contributed by atoms with Gasteiger partial charge in [0.05, 0.1) is 6.20 Å². The highest BCUT2D eigenvalue weighted by Crippen LogP contribution is 2.24. The van der Waals surface area contributed by atoms with Gasteiger partial charge in [-0.1, -0.05) is 0 Å². The number of rotatable bonds is 5. The predicted molar refractivity (Wildman–Crippen MR) is 73.2 cm³/mol. The van der Waals surface area contributed by atoms with Gasteiger partial charge in [0.2, 0.25) is 0 Å². The first-order valence-corrected chi connectivity index (χ1v) is 6.65. The molecule has 0 aromatic carbocycles. The minimum absolute atomic E-state index is 0.140. The van der Waals surface area contributed by atoms with Crippen LogP contribution in [0.1, 0.15) is 26.3 Å². The second kappa shape index (κ2) is 6.40. The molecule has 5 nitrogen and oxygen atoms in total. The maximum atomic E-state index is 11.8. The molecule has 0 bridgehead atoms. The van der Waals surface area contributed by atoms with Crippen molar-refractivity contribution in [2.24, 2.45) is 0 Å². The summed E-state index contributed by atoms with van der Waals surface area (Å²) in [5.41, 5.74) is 0.305. The molecule has 2 aromatic heterocycles. The average molecular weight is 277 g/mol. The molecule has 100 valence electrons. The van der Waals surface area contributed by atoms with E-state index in [1.54, 1.807) is 18.4 Å². The molecule has 0 aliphatic rings. The van der Waals surface area contributed by atoms with Crippen LogP contribution >= 0.6 is 11.3 Å².